The number of para-hydroxylation sites is 1. The van der Waals surface area contributed by atoms with E-state index in [2.05, 4.69) is 22.8 Å². The van der Waals surface area contributed by atoms with Gasteiger partial charge in [0.2, 0.25) is 0 Å². The van der Waals surface area contributed by atoms with Gasteiger partial charge in [-0.2, -0.15) is 13.2 Å². The average Bonchev–Trinajstić information content (AvgIpc) is 3.17. The molecule has 31 heavy (non-hydrogen) atoms. The van der Waals surface area contributed by atoms with Gasteiger partial charge in [-0.25, -0.2) is 4.79 Å². The third-order valence-electron chi connectivity index (χ3n) is 5.67. The predicted octanol–water partition coefficient (Wildman–Crippen LogP) is 2.73. The molecule has 3 unspecified atom stereocenters. The molecule has 3 heterocycles. The zero-order valence-electron chi connectivity index (χ0n) is 17.2. The number of benzene rings is 1. The molecule has 4 rings (SSSR count). The lowest BCUT2D eigenvalue weighted by molar-refractivity contribution is -0.192. The van der Waals surface area contributed by atoms with Gasteiger partial charge in [0.25, 0.3) is 0 Å². The van der Waals surface area contributed by atoms with Crippen molar-refractivity contribution in [1.82, 2.24) is 10.6 Å². The van der Waals surface area contributed by atoms with Gasteiger partial charge in [0, 0.05) is 43.1 Å². The fourth-order valence-electron chi connectivity index (χ4n) is 4.12. The van der Waals surface area contributed by atoms with Crippen LogP contribution in [0.2, 0.25) is 0 Å². The molecule has 3 aliphatic rings. The van der Waals surface area contributed by atoms with Crippen LogP contribution in [0.5, 0.6) is 11.5 Å². The molecule has 0 radical (unpaired) electrons. The van der Waals surface area contributed by atoms with E-state index in [1.807, 2.05) is 6.07 Å². The van der Waals surface area contributed by atoms with Crippen molar-refractivity contribution < 1.29 is 37.3 Å². The third kappa shape index (κ3) is 6.72. The van der Waals surface area contributed by atoms with E-state index in [-0.39, 0.29) is 0 Å². The molecule has 0 amide bonds. The summed E-state index contributed by atoms with van der Waals surface area (Å²) in [5, 5.41) is 14.6. The van der Waals surface area contributed by atoms with Crippen LogP contribution in [-0.4, -0.2) is 62.3 Å². The van der Waals surface area contributed by atoms with E-state index in [0.29, 0.717) is 18.0 Å². The van der Waals surface area contributed by atoms with E-state index in [9.17, 15) is 13.2 Å². The normalized spacial score (nSPS) is 25.8. The first kappa shape index (κ1) is 23.6. The lowest BCUT2D eigenvalue weighted by Crippen LogP contribution is -2.50. The van der Waals surface area contributed by atoms with Crippen LogP contribution in [0.25, 0.3) is 0 Å². The van der Waals surface area contributed by atoms with Crippen LogP contribution in [0.3, 0.4) is 0 Å². The van der Waals surface area contributed by atoms with Gasteiger partial charge in [0.05, 0.1) is 19.8 Å². The van der Waals surface area contributed by atoms with Gasteiger partial charge in [-0.3, -0.25) is 0 Å². The first-order valence-corrected chi connectivity index (χ1v) is 10.6. The number of carboxylic acids is 1. The van der Waals surface area contributed by atoms with E-state index in [4.69, 9.17) is 24.1 Å². The minimum absolute atomic E-state index is 0.497. The number of fused-ring (bicyclic) bond motifs is 1. The fraction of sp³-hybridized carbons (Fsp3) is 0.667. The van der Waals surface area contributed by atoms with Gasteiger partial charge in [-0.15, -0.1) is 0 Å². The fourth-order valence-corrected chi connectivity index (χ4v) is 4.12. The summed E-state index contributed by atoms with van der Waals surface area (Å²) in [7, 11) is 0. The van der Waals surface area contributed by atoms with Crippen molar-refractivity contribution in [2.75, 3.05) is 33.0 Å². The summed E-state index contributed by atoms with van der Waals surface area (Å²) in [6.07, 6.45) is -0.513. The van der Waals surface area contributed by atoms with E-state index in [1.54, 1.807) is 0 Å². The number of hydrogen-bond donors (Lipinski definition) is 3. The monoisotopic (exact) mass is 446 g/mol. The molecule has 2 fully saturated rings. The van der Waals surface area contributed by atoms with Crippen LogP contribution in [0, 0.1) is 5.92 Å². The SMILES string of the molecule is O=C(O)C(F)(F)F.c1cc(CNC2CCOCC2C2CCCN2)c2c(c1)OCCCO2. The molecule has 10 heteroatoms. The molecule has 174 valence electrons. The lowest BCUT2D eigenvalue weighted by atomic mass is 9.87. The maximum Gasteiger partial charge on any atom is 0.490 e. The Labute approximate surface area is 179 Å². The Bertz CT molecular complexity index is 725. The molecule has 3 N–H and O–H groups in total. The predicted molar refractivity (Wildman–Crippen MR) is 106 cm³/mol. The van der Waals surface area contributed by atoms with Crippen LogP contribution in [0.15, 0.2) is 18.2 Å². The second-order valence-electron chi connectivity index (χ2n) is 7.82. The second-order valence-corrected chi connectivity index (χ2v) is 7.82. The van der Waals surface area contributed by atoms with E-state index >= 15 is 0 Å². The Morgan fingerprint density at radius 2 is 1.94 bits per heavy atom. The number of carboxylic acid groups (broad SMARTS) is 1. The Morgan fingerprint density at radius 1 is 1.16 bits per heavy atom. The van der Waals surface area contributed by atoms with Crippen molar-refractivity contribution in [1.29, 1.82) is 0 Å². The molecular weight excluding hydrogens is 417 g/mol. The number of hydrogen-bond acceptors (Lipinski definition) is 6. The molecule has 3 aliphatic heterocycles. The quantitative estimate of drug-likeness (QED) is 0.655. The highest BCUT2D eigenvalue weighted by atomic mass is 19.4. The van der Waals surface area contributed by atoms with Crippen molar-refractivity contribution in [3.8, 4) is 11.5 Å². The van der Waals surface area contributed by atoms with Crippen molar-refractivity contribution in [3.05, 3.63) is 23.8 Å². The van der Waals surface area contributed by atoms with Gasteiger partial charge in [0.1, 0.15) is 0 Å². The second kappa shape index (κ2) is 11.0. The molecule has 0 aromatic heterocycles. The number of halogens is 3. The molecule has 0 spiro atoms. The number of ether oxygens (including phenoxy) is 3. The number of alkyl halides is 3. The van der Waals surface area contributed by atoms with Crippen LogP contribution in [0.1, 0.15) is 31.2 Å². The van der Waals surface area contributed by atoms with E-state index < -0.39 is 12.1 Å². The summed E-state index contributed by atoms with van der Waals surface area (Å²) in [4.78, 5) is 8.90. The van der Waals surface area contributed by atoms with E-state index in [1.165, 1.54) is 18.4 Å². The van der Waals surface area contributed by atoms with Gasteiger partial charge in [0.15, 0.2) is 11.5 Å². The Morgan fingerprint density at radius 3 is 2.65 bits per heavy atom. The summed E-state index contributed by atoms with van der Waals surface area (Å²) in [5.74, 6) is -0.397. The summed E-state index contributed by atoms with van der Waals surface area (Å²) in [6.45, 7) is 5.15. The minimum Gasteiger partial charge on any atom is -0.490 e. The largest absolute Gasteiger partial charge is 0.490 e. The van der Waals surface area contributed by atoms with Crippen molar-refractivity contribution >= 4 is 5.97 Å². The molecule has 7 nitrogen and oxygen atoms in total. The highest BCUT2D eigenvalue weighted by Gasteiger charge is 2.38. The number of aliphatic carboxylic acids is 1. The zero-order valence-corrected chi connectivity index (χ0v) is 17.2. The molecule has 3 atom stereocenters. The number of carbonyl (C=O) groups is 1. The molecule has 2 saturated heterocycles. The summed E-state index contributed by atoms with van der Waals surface area (Å²) in [6, 6.07) is 7.30. The minimum atomic E-state index is -5.08. The molecule has 0 aliphatic carbocycles. The summed E-state index contributed by atoms with van der Waals surface area (Å²) in [5.41, 5.74) is 1.19. The number of rotatable bonds is 4. The van der Waals surface area contributed by atoms with Gasteiger partial charge < -0.3 is 30.0 Å². The molecular formula is C21H29F3N2O5. The smallest absolute Gasteiger partial charge is 0.490 e. The molecule has 1 aromatic rings. The Balaban J connectivity index is 0.000000339. The lowest BCUT2D eigenvalue weighted by Gasteiger charge is -2.36. The first-order valence-electron chi connectivity index (χ1n) is 10.6. The molecule has 0 bridgehead atoms. The van der Waals surface area contributed by atoms with Gasteiger partial charge in [-0.05, 0) is 31.9 Å². The van der Waals surface area contributed by atoms with Crippen molar-refractivity contribution in [2.24, 2.45) is 5.92 Å². The first-order chi connectivity index (χ1) is 14.9. The molecule has 0 saturated carbocycles. The van der Waals surface area contributed by atoms with Gasteiger partial charge >= 0.3 is 12.1 Å². The maximum absolute atomic E-state index is 10.6. The maximum atomic E-state index is 10.6. The Hall–Kier alpha value is -2.04. The van der Waals surface area contributed by atoms with Crippen LogP contribution in [-0.2, 0) is 16.1 Å². The summed E-state index contributed by atoms with van der Waals surface area (Å²) < 4.78 is 49.2. The Kier molecular flexibility index (Phi) is 8.39. The van der Waals surface area contributed by atoms with Crippen LogP contribution in [0.4, 0.5) is 13.2 Å². The van der Waals surface area contributed by atoms with Crippen LogP contribution >= 0.6 is 0 Å². The highest BCUT2D eigenvalue weighted by Crippen LogP contribution is 2.33. The van der Waals surface area contributed by atoms with E-state index in [0.717, 1.165) is 63.9 Å². The topological polar surface area (TPSA) is 89.1 Å². The van der Waals surface area contributed by atoms with Crippen LogP contribution < -0.4 is 20.1 Å². The third-order valence-corrected chi connectivity index (χ3v) is 5.67. The number of nitrogens with one attached hydrogen (secondary N) is 2. The average molecular weight is 446 g/mol. The van der Waals surface area contributed by atoms with Gasteiger partial charge in [-0.1, -0.05) is 12.1 Å². The zero-order chi connectivity index (χ0) is 22.3. The standard InChI is InChI=1S/C19H28N2O3.C2HF3O2/c1-4-14(19-18(6-1)23-9-3-10-24-19)12-21-17-7-11-22-13-15(17)16-5-2-8-20-16;3-2(4,5)1(6)7/h1,4,6,15-17,20-21H,2-3,5,7-13H2;(H,6,7). The highest BCUT2D eigenvalue weighted by molar-refractivity contribution is 5.73. The van der Waals surface area contributed by atoms with Crippen molar-refractivity contribution in [3.63, 3.8) is 0 Å². The molecule has 1 aromatic carbocycles. The summed E-state index contributed by atoms with van der Waals surface area (Å²) >= 11 is 0. The van der Waals surface area contributed by atoms with Crippen molar-refractivity contribution in [2.45, 2.75) is 50.5 Å².